The van der Waals surface area contributed by atoms with Gasteiger partial charge in [0, 0.05) is 0 Å². The molecule has 0 unspecified atom stereocenters. The summed E-state index contributed by atoms with van der Waals surface area (Å²) >= 11 is 0. The first-order chi connectivity index (χ1) is 23.9. The van der Waals surface area contributed by atoms with E-state index in [0.717, 1.165) is 12.1 Å². The molecule has 0 aromatic heterocycles. The molecule has 0 radical (unpaired) electrons. The SMILES string of the molecule is O=C(OC[C@H]1O[C@@H](OC(=O)c2cc(O)c(O)c(O)c2)[C@H](O)[C@@H](OC(=O)c2cc(O)c(O)c(O)c2)[C@@H]1O)c1cc(O)c(O)c(O)c1.OCC(O)CO. The lowest BCUT2D eigenvalue weighted by molar-refractivity contribution is -0.284. The van der Waals surface area contributed by atoms with Crippen molar-refractivity contribution in [2.75, 3.05) is 19.8 Å². The minimum Gasteiger partial charge on any atom is -0.504 e. The molecule has 0 amide bonds. The number of carbonyl (C=O) groups excluding carboxylic acids is 3. The molecule has 278 valence electrons. The van der Waals surface area contributed by atoms with E-state index in [4.69, 9.17) is 34.3 Å². The topological polar surface area (TPSA) is 371 Å². The van der Waals surface area contributed by atoms with Crippen LogP contribution in [0.5, 0.6) is 51.7 Å². The Kier molecular flexibility index (Phi) is 12.9. The predicted octanol–water partition coefficient (Wildman–Crippen LogP) is -1.95. The van der Waals surface area contributed by atoms with Crippen molar-refractivity contribution in [2.45, 2.75) is 36.8 Å². The maximum absolute atomic E-state index is 12.8. The standard InChI is InChI=1S/C27H24O18.C3H8O3/c28-11-1-8(2-12(29)18(11)34)24(39)42-7-17-21(37)23(44-25(40)9-3-13(30)19(35)14(31)4-9)22(38)27(43-17)45-26(41)10-5-15(32)20(36)16(33)6-10;4-1-3(6)2-5/h1-6,17,21-23,27-38H,7H2;3-6H,1-2H2/t17-,21-,22-,23+,27+;/m1./s1. The molecule has 0 aliphatic carbocycles. The van der Waals surface area contributed by atoms with E-state index in [1.54, 1.807) is 0 Å². The molecule has 3 aromatic rings. The van der Waals surface area contributed by atoms with Gasteiger partial charge in [0.1, 0.15) is 24.9 Å². The number of ether oxygens (including phenoxy) is 4. The predicted molar refractivity (Wildman–Crippen MR) is 160 cm³/mol. The second-order valence-corrected chi connectivity index (χ2v) is 10.5. The van der Waals surface area contributed by atoms with Crippen LogP contribution in [0, 0.1) is 0 Å². The minimum atomic E-state index is -2.19. The number of rotatable bonds is 9. The molecule has 1 fully saturated rings. The van der Waals surface area contributed by atoms with E-state index in [-0.39, 0.29) is 13.2 Å². The van der Waals surface area contributed by atoms with E-state index < -0.39 is 130 Å². The van der Waals surface area contributed by atoms with Crippen LogP contribution in [0.25, 0.3) is 0 Å². The van der Waals surface area contributed by atoms with Gasteiger partial charge in [0.25, 0.3) is 0 Å². The summed E-state index contributed by atoms with van der Waals surface area (Å²) in [5, 5.41) is 132. The first-order valence-corrected chi connectivity index (χ1v) is 14.1. The molecule has 1 heterocycles. The number of aromatic hydroxyl groups is 9. The normalized spacial score (nSPS) is 19.8. The highest BCUT2D eigenvalue weighted by molar-refractivity contribution is 5.92. The van der Waals surface area contributed by atoms with Crippen LogP contribution in [0.1, 0.15) is 31.1 Å². The fraction of sp³-hybridized carbons (Fsp3) is 0.300. The van der Waals surface area contributed by atoms with E-state index in [1.165, 1.54) is 0 Å². The number of phenols is 9. The summed E-state index contributed by atoms with van der Waals surface area (Å²) in [6, 6.07) is 4.20. The summed E-state index contributed by atoms with van der Waals surface area (Å²) in [4.78, 5) is 38.1. The quantitative estimate of drug-likeness (QED) is 0.0647. The van der Waals surface area contributed by atoms with Crippen molar-refractivity contribution in [1.82, 2.24) is 0 Å². The summed E-state index contributed by atoms with van der Waals surface area (Å²) in [6.07, 6.45) is -11.1. The fourth-order valence-corrected chi connectivity index (χ4v) is 4.11. The van der Waals surface area contributed by atoms with E-state index in [9.17, 15) is 70.6 Å². The van der Waals surface area contributed by atoms with Crippen LogP contribution < -0.4 is 0 Å². The number of hydrogen-bond donors (Lipinski definition) is 14. The number of carbonyl (C=O) groups is 3. The van der Waals surface area contributed by atoms with Crippen LogP contribution in [-0.4, -0.2) is 146 Å². The highest BCUT2D eigenvalue weighted by Gasteiger charge is 2.49. The summed E-state index contributed by atoms with van der Waals surface area (Å²) in [6.45, 7) is -1.65. The van der Waals surface area contributed by atoms with Gasteiger partial charge in [0.2, 0.25) is 6.29 Å². The van der Waals surface area contributed by atoms with Crippen molar-refractivity contribution >= 4 is 17.9 Å². The average molecular weight is 729 g/mol. The molecule has 3 aromatic carbocycles. The number of aliphatic hydroxyl groups excluding tert-OH is 5. The monoisotopic (exact) mass is 728 g/mol. The summed E-state index contributed by atoms with van der Waals surface area (Å²) in [5.74, 6) is -12.3. The summed E-state index contributed by atoms with van der Waals surface area (Å²) < 4.78 is 20.6. The van der Waals surface area contributed by atoms with Crippen molar-refractivity contribution in [1.29, 1.82) is 0 Å². The van der Waals surface area contributed by atoms with Crippen LogP contribution in [0.15, 0.2) is 36.4 Å². The van der Waals surface area contributed by atoms with Gasteiger partial charge < -0.3 is 90.4 Å². The van der Waals surface area contributed by atoms with Gasteiger partial charge in [-0.15, -0.1) is 0 Å². The molecular weight excluding hydrogens is 696 g/mol. The maximum Gasteiger partial charge on any atom is 0.340 e. The van der Waals surface area contributed by atoms with Crippen LogP contribution in [0.2, 0.25) is 0 Å². The average Bonchev–Trinajstić information content (AvgIpc) is 3.09. The van der Waals surface area contributed by atoms with Crippen molar-refractivity contribution in [3.8, 4) is 51.7 Å². The highest BCUT2D eigenvalue weighted by Crippen LogP contribution is 2.38. The smallest absolute Gasteiger partial charge is 0.340 e. The van der Waals surface area contributed by atoms with Gasteiger partial charge in [-0.3, -0.25) is 0 Å². The van der Waals surface area contributed by atoms with E-state index in [2.05, 4.69) is 0 Å². The molecule has 4 rings (SSSR count). The molecule has 1 saturated heterocycles. The van der Waals surface area contributed by atoms with Gasteiger partial charge >= 0.3 is 17.9 Å². The molecular formula is C30H32O21. The highest BCUT2D eigenvalue weighted by atomic mass is 16.7. The van der Waals surface area contributed by atoms with Gasteiger partial charge in [0.05, 0.1) is 29.9 Å². The Labute approximate surface area is 284 Å². The van der Waals surface area contributed by atoms with Gasteiger partial charge in [-0.2, -0.15) is 0 Å². The van der Waals surface area contributed by atoms with Gasteiger partial charge in [-0.1, -0.05) is 0 Å². The van der Waals surface area contributed by atoms with Crippen LogP contribution >= 0.6 is 0 Å². The Morgan fingerprint density at radius 2 is 0.941 bits per heavy atom. The Hall–Kier alpha value is -5.97. The van der Waals surface area contributed by atoms with Crippen molar-refractivity contribution in [3.63, 3.8) is 0 Å². The molecule has 0 saturated carbocycles. The molecule has 0 bridgehead atoms. The molecule has 51 heavy (non-hydrogen) atoms. The van der Waals surface area contributed by atoms with Crippen molar-refractivity contribution < 1.29 is 105 Å². The lowest BCUT2D eigenvalue weighted by Crippen LogP contribution is -2.61. The fourth-order valence-electron chi connectivity index (χ4n) is 4.11. The third-order valence-corrected chi connectivity index (χ3v) is 6.82. The Balaban J connectivity index is 0.00000107. The van der Waals surface area contributed by atoms with Gasteiger partial charge in [-0.25, -0.2) is 14.4 Å². The van der Waals surface area contributed by atoms with Crippen LogP contribution in [0.4, 0.5) is 0 Å². The zero-order chi connectivity index (χ0) is 38.3. The first-order valence-electron chi connectivity index (χ1n) is 14.1. The third kappa shape index (κ3) is 9.39. The molecule has 0 spiro atoms. The number of esters is 3. The van der Waals surface area contributed by atoms with E-state index >= 15 is 0 Å². The van der Waals surface area contributed by atoms with Crippen molar-refractivity contribution in [2.24, 2.45) is 0 Å². The van der Waals surface area contributed by atoms with Crippen LogP contribution in [0.3, 0.4) is 0 Å². The summed E-state index contributed by atoms with van der Waals surface area (Å²) in [5.41, 5.74) is -1.62. The lowest BCUT2D eigenvalue weighted by atomic mass is 9.98. The largest absolute Gasteiger partial charge is 0.504 e. The number of aliphatic hydroxyl groups is 5. The van der Waals surface area contributed by atoms with Gasteiger partial charge in [0.15, 0.2) is 64.0 Å². The zero-order valence-corrected chi connectivity index (χ0v) is 25.7. The molecule has 21 nitrogen and oxygen atoms in total. The number of benzene rings is 3. The molecule has 1 aliphatic rings. The zero-order valence-electron chi connectivity index (χ0n) is 25.7. The van der Waals surface area contributed by atoms with Crippen molar-refractivity contribution in [3.05, 3.63) is 53.1 Å². The Bertz CT molecular complexity index is 1670. The van der Waals surface area contributed by atoms with E-state index in [0.29, 0.717) is 24.3 Å². The molecule has 5 atom stereocenters. The molecule has 1 aliphatic heterocycles. The Morgan fingerprint density at radius 1 is 0.588 bits per heavy atom. The Morgan fingerprint density at radius 3 is 1.29 bits per heavy atom. The number of hydrogen-bond acceptors (Lipinski definition) is 21. The maximum atomic E-state index is 12.8. The minimum absolute atomic E-state index is 0.365. The molecule has 21 heteroatoms. The molecule has 14 N–H and O–H groups in total. The summed E-state index contributed by atoms with van der Waals surface area (Å²) in [7, 11) is 0. The van der Waals surface area contributed by atoms with Crippen LogP contribution in [-0.2, 0) is 18.9 Å². The second-order valence-electron chi connectivity index (χ2n) is 10.5. The first kappa shape index (κ1) is 39.5. The second kappa shape index (κ2) is 16.6. The number of phenolic OH excluding ortho intramolecular Hbond substituents is 9. The lowest BCUT2D eigenvalue weighted by Gasteiger charge is -2.41. The third-order valence-electron chi connectivity index (χ3n) is 6.82. The van der Waals surface area contributed by atoms with E-state index in [1.807, 2.05) is 0 Å². The van der Waals surface area contributed by atoms with Gasteiger partial charge in [-0.05, 0) is 36.4 Å².